The first-order valence-electron chi connectivity index (χ1n) is 4.13. The van der Waals surface area contributed by atoms with E-state index in [0.717, 1.165) is 0 Å². The molecule has 0 aliphatic carbocycles. The van der Waals surface area contributed by atoms with Crippen LogP contribution >= 0.6 is 12.2 Å². The molecule has 6 heteroatoms. The molecule has 0 aliphatic rings. The minimum Gasteiger partial charge on any atom is -0.508 e. The van der Waals surface area contributed by atoms with E-state index in [1.807, 2.05) is 0 Å². The topological polar surface area (TPSA) is 90.9 Å². The Morgan fingerprint density at radius 1 is 1.47 bits per heavy atom. The molecule has 0 amide bonds. The van der Waals surface area contributed by atoms with Gasteiger partial charge in [0.1, 0.15) is 11.5 Å². The lowest BCUT2D eigenvalue weighted by atomic mass is 10.1. The molecule has 0 saturated heterocycles. The molecule has 0 radical (unpaired) electrons. The number of benzene rings is 1. The van der Waals surface area contributed by atoms with Gasteiger partial charge in [-0.3, -0.25) is 5.43 Å². The Kier molecular flexibility index (Phi) is 3.46. The molecule has 1 aromatic carbocycles. The highest BCUT2D eigenvalue weighted by Crippen LogP contribution is 2.22. The van der Waals surface area contributed by atoms with Gasteiger partial charge in [0.2, 0.25) is 0 Å². The van der Waals surface area contributed by atoms with Crippen molar-refractivity contribution in [1.29, 1.82) is 0 Å². The van der Waals surface area contributed by atoms with Crippen molar-refractivity contribution in [2.45, 2.75) is 6.92 Å². The van der Waals surface area contributed by atoms with Crippen molar-refractivity contribution < 1.29 is 10.2 Å². The van der Waals surface area contributed by atoms with Crippen molar-refractivity contribution in [3.63, 3.8) is 0 Å². The van der Waals surface area contributed by atoms with Crippen LogP contribution in [0.25, 0.3) is 0 Å². The molecule has 1 rings (SSSR count). The summed E-state index contributed by atoms with van der Waals surface area (Å²) in [5.41, 5.74) is 8.47. The zero-order chi connectivity index (χ0) is 11.4. The molecule has 0 atom stereocenters. The van der Waals surface area contributed by atoms with Gasteiger partial charge < -0.3 is 15.9 Å². The maximum atomic E-state index is 9.49. The Morgan fingerprint density at radius 2 is 2.13 bits per heavy atom. The highest BCUT2D eigenvalue weighted by molar-refractivity contribution is 7.80. The van der Waals surface area contributed by atoms with Crippen molar-refractivity contribution >= 4 is 23.0 Å². The minimum atomic E-state index is 0.0267. The van der Waals surface area contributed by atoms with E-state index in [9.17, 15) is 10.2 Å². The van der Waals surface area contributed by atoms with Crippen LogP contribution in [0.5, 0.6) is 11.5 Å². The van der Waals surface area contributed by atoms with Crippen molar-refractivity contribution in [3.8, 4) is 11.5 Å². The maximum Gasteiger partial charge on any atom is 0.184 e. The lowest BCUT2D eigenvalue weighted by Crippen LogP contribution is -2.25. The number of hydrazone groups is 1. The predicted molar refractivity (Wildman–Crippen MR) is 61.9 cm³/mol. The Labute approximate surface area is 92.2 Å². The fraction of sp³-hybridized carbons (Fsp3) is 0.111. The van der Waals surface area contributed by atoms with Gasteiger partial charge in [-0.15, -0.1) is 0 Å². The van der Waals surface area contributed by atoms with E-state index in [0.29, 0.717) is 11.3 Å². The van der Waals surface area contributed by atoms with Crippen LogP contribution in [-0.4, -0.2) is 21.0 Å². The molecule has 0 fully saturated rings. The summed E-state index contributed by atoms with van der Waals surface area (Å²) in [7, 11) is 0. The minimum absolute atomic E-state index is 0.0267. The first kappa shape index (κ1) is 11.3. The number of phenolic OH excluding ortho intramolecular Hbond substituents is 2. The molecule has 0 aliphatic heterocycles. The summed E-state index contributed by atoms with van der Waals surface area (Å²) in [6.45, 7) is 1.65. The number of hydrogen-bond acceptors (Lipinski definition) is 4. The highest BCUT2D eigenvalue weighted by atomic mass is 32.1. The molecule has 0 spiro atoms. The molecule has 80 valence electrons. The lowest BCUT2D eigenvalue weighted by Gasteiger charge is -2.05. The van der Waals surface area contributed by atoms with E-state index in [4.69, 9.17) is 5.73 Å². The normalized spacial score (nSPS) is 11.1. The Balaban J connectivity index is 2.99. The van der Waals surface area contributed by atoms with Crippen LogP contribution in [0.3, 0.4) is 0 Å². The summed E-state index contributed by atoms with van der Waals surface area (Å²) in [6, 6.07) is 4.16. The van der Waals surface area contributed by atoms with Crippen LogP contribution < -0.4 is 11.2 Å². The first-order chi connectivity index (χ1) is 7.00. The number of phenols is 2. The zero-order valence-corrected chi connectivity index (χ0v) is 8.88. The van der Waals surface area contributed by atoms with Crippen LogP contribution in [0.1, 0.15) is 12.5 Å². The summed E-state index contributed by atoms with van der Waals surface area (Å²) < 4.78 is 0. The van der Waals surface area contributed by atoms with Gasteiger partial charge in [-0.25, -0.2) is 0 Å². The number of rotatable bonds is 2. The van der Waals surface area contributed by atoms with E-state index < -0.39 is 0 Å². The van der Waals surface area contributed by atoms with E-state index >= 15 is 0 Å². The van der Waals surface area contributed by atoms with Gasteiger partial charge in [0, 0.05) is 5.56 Å². The molecule has 0 saturated carbocycles. The van der Waals surface area contributed by atoms with Crippen LogP contribution in [-0.2, 0) is 0 Å². The van der Waals surface area contributed by atoms with Gasteiger partial charge >= 0.3 is 0 Å². The van der Waals surface area contributed by atoms with Gasteiger partial charge in [0.05, 0.1) is 5.71 Å². The first-order valence-corrected chi connectivity index (χ1v) is 4.53. The molecule has 0 unspecified atom stereocenters. The molecule has 0 bridgehead atoms. The second-order valence-corrected chi connectivity index (χ2v) is 3.31. The fourth-order valence-corrected chi connectivity index (χ4v) is 1.06. The summed E-state index contributed by atoms with van der Waals surface area (Å²) >= 11 is 4.57. The van der Waals surface area contributed by atoms with E-state index in [-0.39, 0.29) is 16.6 Å². The molecule has 5 nitrogen and oxygen atoms in total. The van der Waals surface area contributed by atoms with E-state index in [1.165, 1.54) is 18.2 Å². The number of nitrogens with zero attached hydrogens (tertiary/aromatic N) is 1. The standard InChI is InChI=1S/C9H11N3O2S/c1-5(11-12-9(10)15)7-4-6(13)2-3-8(7)14/h2-4,13-14H,1H3,(H3,10,12,15)/b11-5+. The summed E-state index contributed by atoms with van der Waals surface area (Å²) in [5, 5.41) is 22.6. The van der Waals surface area contributed by atoms with Gasteiger partial charge in [-0.1, -0.05) is 0 Å². The zero-order valence-electron chi connectivity index (χ0n) is 8.06. The average molecular weight is 225 g/mol. The smallest absolute Gasteiger partial charge is 0.184 e. The second-order valence-electron chi connectivity index (χ2n) is 2.87. The van der Waals surface area contributed by atoms with Gasteiger partial charge in [0.25, 0.3) is 0 Å². The predicted octanol–water partition coefficient (Wildman–Crippen LogP) is 0.655. The quantitative estimate of drug-likeness (QED) is 0.257. The third kappa shape index (κ3) is 3.10. The second kappa shape index (κ2) is 4.61. The molecular weight excluding hydrogens is 214 g/mol. The van der Waals surface area contributed by atoms with Crippen LogP contribution in [0.15, 0.2) is 23.3 Å². The number of hydrogen-bond donors (Lipinski definition) is 4. The lowest BCUT2D eigenvalue weighted by molar-refractivity contribution is 0.459. The van der Waals surface area contributed by atoms with Crippen molar-refractivity contribution in [3.05, 3.63) is 23.8 Å². The average Bonchev–Trinajstić information content (AvgIpc) is 2.18. The molecule has 0 aromatic heterocycles. The van der Waals surface area contributed by atoms with Crippen LogP contribution in [0, 0.1) is 0 Å². The van der Waals surface area contributed by atoms with E-state index in [2.05, 4.69) is 22.7 Å². The van der Waals surface area contributed by atoms with Crippen LogP contribution in [0.4, 0.5) is 0 Å². The number of nitrogens with two attached hydrogens (primary N) is 1. The number of aromatic hydroxyl groups is 2. The largest absolute Gasteiger partial charge is 0.508 e. The van der Waals surface area contributed by atoms with Crippen molar-refractivity contribution in [1.82, 2.24) is 5.43 Å². The van der Waals surface area contributed by atoms with Crippen molar-refractivity contribution in [2.75, 3.05) is 0 Å². The number of nitrogens with one attached hydrogen (secondary N) is 1. The number of thiocarbonyl (C=S) groups is 1. The fourth-order valence-electron chi connectivity index (χ4n) is 1.01. The highest BCUT2D eigenvalue weighted by Gasteiger charge is 2.05. The summed E-state index contributed by atoms with van der Waals surface area (Å²) in [4.78, 5) is 0. The summed E-state index contributed by atoms with van der Waals surface area (Å²) in [6.07, 6.45) is 0. The third-order valence-corrected chi connectivity index (χ3v) is 1.80. The van der Waals surface area contributed by atoms with Gasteiger partial charge in [0.15, 0.2) is 5.11 Å². The summed E-state index contributed by atoms with van der Waals surface area (Å²) in [5.74, 6) is 0.0754. The molecule has 0 heterocycles. The van der Waals surface area contributed by atoms with Gasteiger partial charge in [-0.2, -0.15) is 5.10 Å². The third-order valence-electron chi connectivity index (χ3n) is 1.70. The molecular formula is C9H11N3O2S. The van der Waals surface area contributed by atoms with Gasteiger partial charge in [-0.05, 0) is 37.3 Å². The monoisotopic (exact) mass is 225 g/mol. The molecule has 1 aromatic rings. The molecule has 15 heavy (non-hydrogen) atoms. The molecule has 5 N–H and O–H groups in total. The Bertz CT molecular complexity index is 418. The Morgan fingerprint density at radius 3 is 2.73 bits per heavy atom. The Hall–Kier alpha value is -1.82. The van der Waals surface area contributed by atoms with E-state index in [1.54, 1.807) is 6.92 Å². The van der Waals surface area contributed by atoms with Crippen LogP contribution in [0.2, 0.25) is 0 Å². The van der Waals surface area contributed by atoms with Crippen molar-refractivity contribution in [2.24, 2.45) is 10.8 Å². The SMILES string of the molecule is C/C(=N\NC(N)=S)c1cc(O)ccc1O. The maximum absolute atomic E-state index is 9.49.